The molecule has 1 rings (SSSR count). The fourth-order valence-corrected chi connectivity index (χ4v) is 1.44. The lowest BCUT2D eigenvalue weighted by molar-refractivity contribution is -0.138. The van der Waals surface area contributed by atoms with E-state index in [9.17, 15) is 18.0 Å². The van der Waals surface area contributed by atoms with Crippen molar-refractivity contribution < 1.29 is 28.2 Å². The molecule has 2 N–H and O–H groups in total. The molecule has 0 atom stereocenters. The summed E-state index contributed by atoms with van der Waals surface area (Å²) in [5, 5.41) is 17.6. The largest absolute Gasteiger partial charge is 0.506 e. The molecule has 0 aromatic heterocycles. The predicted octanol–water partition coefficient (Wildman–Crippen LogP) is 2.87. The number of aromatic carboxylic acids is 1. The Kier molecular flexibility index (Phi) is 2.94. The van der Waals surface area contributed by atoms with Crippen LogP contribution in [0.2, 0.25) is 0 Å². The van der Waals surface area contributed by atoms with Crippen LogP contribution in [-0.2, 0) is 6.18 Å². The Balaban J connectivity index is 3.49. The van der Waals surface area contributed by atoms with Crippen molar-refractivity contribution in [1.29, 1.82) is 0 Å². The van der Waals surface area contributed by atoms with E-state index in [1.165, 1.54) is 0 Å². The van der Waals surface area contributed by atoms with E-state index in [0.29, 0.717) is 6.07 Å². The summed E-state index contributed by atoms with van der Waals surface area (Å²) in [6, 6.07) is 1.51. The zero-order valence-corrected chi connectivity index (χ0v) is 8.56. The molecule has 0 unspecified atom stereocenters. The van der Waals surface area contributed by atoms with E-state index >= 15 is 0 Å². The minimum atomic E-state index is -4.79. The number of aromatic hydroxyl groups is 1. The molecule has 0 bridgehead atoms. The molecule has 0 aliphatic rings. The minimum absolute atomic E-state index is 0.0648. The number of benzene rings is 1. The lowest BCUT2D eigenvalue weighted by Crippen LogP contribution is -2.08. The number of carboxylic acids is 1. The first-order valence-electron chi connectivity index (χ1n) is 3.56. The lowest BCUT2D eigenvalue weighted by atomic mass is 10.1. The van der Waals surface area contributed by atoms with Crippen LogP contribution in [-0.4, -0.2) is 16.2 Å². The molecule has 0 amide bonds. The molecule has 15 heavy (non-hydrogen) atoms. The van der Waals surface area contributed by atoms with Crippen LogP contribution in [0.4, 0.5) is 13.2 Å². The number of carbonyl (C=O) groups is 1. The number of halogens is 4. The zero-order valence-electron chi connectivity index (χ0n) is 6.97. The third kappa shape index (κ3) is 2.41. The molecule has 7 heteroatoms. The third-order valence-corrected chi connectivity index (χ3v) is 2.07. The molecule has 0 aliphatic carbocycles. The molecule has 3 nitrogen and oxygen atoms in total. The average Bonchev–Trinajstić information content (AvgIpc) is 2.06. The average molecular weight is 285 g/mol. The van der Waals surface area contributed by atoms with Gasteiger partial charge >= 0.3 is 12.1 Å². The molecule has 0 heterocycles. The Morgan fingerprint density at radius 1 is 1.33 bits per heavy atom. The fourth-order valence-electron chi connectivity index (χ4n) is 0.978. The van der Waals surface area contributed by atoms with Crippen LogP contribution in [0, 0.1) is 0 Å². The van der Waals surface area contributed by atoms with Crippen LogP contribution in [0.15, 0.2) is 16.6 Å². The van der Waals surface area contributed by atoms with Crippen molar-refractivity contribution in [2.24, 2.45) is 0 Å². The van der Waals surface area contributed by atoms with Crippen molar-refractivity contribution in [3.05, 3.63) is 27.7 Å². The number of hydrogen-bond donors (Lipinski definition) is 2. The summed E-state index contributed by atoms with van der Waals surface area (Å²) < 4.78 is 36.8. The van der Waals surface area contributed by atoms with Gasteiger partial charge in [0.25, 0.3) is 0 Å². The van der Waals surface area contributed by atoms with Crippen molar-refractivity contribution >= 4 is 21.9 Å². The summed E-state index contributed by atoms with van der Waals surface area (Å²) >= 11 is 2.73. The maximum Gasteiger partial charge on any atom is 0.420 e. The third-order valence-electron chi connectivity index (χ3n) is 1.61. The second kappa shape index (κ2) is 3.73. The summed E-state index contributed by atoms with van der Waals surface area (Å²) in [6.45, 7) is 0. The molecular weight excluding hydrogens is 281 g/mol. The molecule has 0 fully saturated rings. The van der Waals surface area contributed by atoms with Crippen molar-refractivity contribution in [1.82, 2.24) is 0 Å². The lowest BCUT2D eigenvalue weighted by Gasteiger charge is -2.11. The van der Waals surface area contributed by atoms with Crippen molar-refractivity contribution in [3.63, 3.8) is 0 Å². The summed E-state index contributed by atoms with van der Waals surface area (Å²) in [4.78, 5) is 10.5. The number of rotatable bonds is 1. The molecule has 0 radical (unpaired) electrons. The number of phenols is 1. The SMILES string of the molecule is O=C(O)c1cc(Br)cc(C(F)(F)F)c1O. The molecule has 0 saturated heterocycles. The van der Waals surface area contributed by atoms with E-state index in [2.05, 4.69) is 15.9 Å². The second-order valence-electron chi connectivity index (χ2n) is 2.65. The normalized spacial score (nSPS) is 11.5. The predicted molar refractivity (Wildman–Crippen MR) is 47.8 cm³/mol. The summed E-state index contributed by atoms with van der Waals surface area (Å²) in [6.07, 6.45) is -4.79. The highest BCUT2D eigenvalue weighted by atomic mass is 79.9. The van der Waals surface area contributed by atoms with Crippen LogP contribution in [0.1, 0.15) is 15.9 Å². The first kappa shape index (κ1) is 11.8. The van der Waals surface area contributed by atoms with E-state index in [1.54, 1.807) is 0 Å². The van der Waals surface area contributed by atoms with E-state index in [-0.39, 0.29) is 4.47 Å². The quantitative estimate of drug-likeness (QED) is 0.834. The Labute approximate surface area is 90.3 Å². The van der Waals surface area contributed by atoms with Gasteiger partial charge in [-0.25, -0.2) is 4.79 Å². The van der Waals surface area contributed by atoms with Crippen LogP contribution >= 0.6 is 15.9 Å². The monoisotopic (exact) mass is 284 g/mol. The van der Waals surface area contributed by atoms with Gasteiger partial charge in [0.15, 0.2) is 0 Å². The van der Waals surface area contributed by atoms with E-state index in [4.69, 9.17) is 10.2 Å². The molecule has 82 valence electrons. The van der Waals surface area contributed by atoms with Gasteiger partial charge < -0.3 is 10.2 Å². The Morgan fingerprint density at radius 3 is 2.27 bits per heavy atom. The molecule has 0 saturated carbocycles. The highest BCUT2D eigenvalue weighted by molar-refractivity contribution is 9.10. The van der Waals surface area contributed by atoms with Crippen molar-refractivity contribution in [2.75, 3.05) is 0 Å². The van der Waals surface area contributed by atoms with Gasteiger partial charge in [-0.2, -0.15) is 13.2 Å². The van der Waals surface area contributed by atoms with Gasteiger partial charge in [0.05, 0.1) is 5.56 Å². The van der Waals surface area contributed by atoms with Gasteiger partial charge in [0.2, 0.25) is 0 Å². The van der Waals surface area contributed by atoms with Crippen LogP contribution in [0.3, 0.4) is 0 Å². The molecule has 1 aromatic rings. The van der Waals surface area contributed by atoms with Gasteiger partial charge in [-0.15, -0.1) is 0 Å². The summed E-state index contributed by atoms with van der Waals surface area (Å²) in [5.74, 6) is -2.91. The van der Waals surface area contributed by atoms with E-state index in [0.717, 1.165) is 6.07 Å². The summed E-state index contributed by atoms with van der Waals surface area (Å²) in [7, 11) is 0. The Bertz CT molecular complexity index is 414. The zero-order chi connectivity index (χ0) is 11.8. The highest BCUT2D eigenvalue weighted by Crippen LogP contribution is 2.39. The number of carboxylic acid groups (broad SMARTS) is 1. The van der Waals surface area contributed by atoms with Gasteiger partial charge in [-0.3, -0.25) is 0 Å². The second-order valence-corrected chi connectivity index (χ2v) is 3.57. The van der Waals surface area contributed by atoms with E-state index in [1.807, 2.05) is 0 Å². The smallest absolute Gasteiger partial charge is 0.420 e. The van der Waals surface area contributed by atoms with Crippen LogP contribution in [0.25, 0.3) is 0 Å². The van der Waals surface area contributed by atoms with Crippen LogP contribution < -0.4 is 0 Å². The Morgan fingerprint density at radius 2 is 1.87 bits per heavy atom. The Hall–Kier alpha value is -1.24. The first-order valence-corrected chi connectivity index (χ1v) is 4.35. The van der Waals surface area contributed by atoms with Crippen molar-refractivity contribution in [3.8, 4) is 5.75 Å². The molecular formula is C8H4BrF3O3. The van der Waals surface area contributed by atoms with Gasteiger partial charge in [0.1, 0.15) is 11.3 Å². The van der Waals surface area contributed by atoms with E-state index < -0.39 is 29.0 Å². The number of alkyl halides is 3. The van der Waals surface area contributed by atoms with Gasteiger partial charge in [-0.05, 0) is 12.1 Å². The minimum Gasteiger partial charge on any atom is -0.506 e. The summed E-state index contributed by atoms with van der Waals surface area (Å²) in [5.41, 5.74) is -2.18. The van der Waals surface area contributed by atoms with Crippen LogP contribution in [0.5, 0.6) is 5.75 Å². The first-order chi connectivity index (χ1) is 6.73. The van der Waals surface area contributed by atoms with Gasteiger partial charge in [0, 0.05) is 4.47 Å². The standard InChI is InChI=1S/C8H4BrF3O3/c9-3-1-4(7(14)15)6(13)5(2-3)8(10,11)12/h1-2,13H,(H,14,15). The maximum atomic E-state index is 12.3. The topological polar surface area (TPSA) is 57.5 Å². The molecule has 1 aromatic carbocycles. The number of hydrogen-bond acceptors (Lipinski definition) is 2. The highest BCUT2D eigenvalue weighted by Gasteiger charge is 2.36. The van der Waals surface area contributed by atoms with Gasteiger partial charge in [-0.1, -0.05) is 15.9 Å². The van der Waals surface area contributed by atoms with Crippen molar-refractivity contribution in [2.45, 2.75) is 6.18 Å². The maximum absolute atomic E-state index is 12.3. The molecule has 0 aliphatic heterocycles. The molecule has 0 spiro atoms. The fraction of sp³-hybridized carbons (Fsp3) is 0.125.